The third kappa shape index (κ3) is 6.11. The van der Waals surface area contributed by atoms with E-state index < -0.39 is 0 Å². The van der Waals surface area contributed by atoms with Crippen LogP contribution in [0.4, 0.5) is 0 Å². The van der Waals surface area contributed by atoms with Crippen LogP contribution in [0.2, 0.25) is 0 Å². The second-order valence-electron chi connectivity index (χ2n) is 10.4. The number of nitrogens with zero attached hydrogens (tertiary/aromatic N) is 3. The maximum atomic E-state index is 11.7. The number of primary amides is 1. The van der Waals surface area contributed by atoms with Gasteiger partial charge in [0.2, 0.25) is 5.91 Å². The molecule has 7 heteroatoms. The first-order valence-electron chi connectivity index (χ1n) is 13.8. The molecule has 0 unspecified atom stereocenters. The number of aromatic nitrogens is 1. The van der Waals surface area contributed by atoms with Crippen molar-refractivity contribution in [2.45, 2.75) is 44.6 Å². The summed E-state index contributed by atoms with van der Waals surface area (Å²) in [6.07, 6.45) is 9.17. The van der Waals surface area contributed by atoms with Gasteiger partial charge in [-0.15, -0.1) is 0 Å². The molecule has 2 aliphatic rings. The van der Waals surface area contributed by atoms with Gasteiger partial charge in [-0.3, -0.25) is 9.69 Å². The third-order valence-electron chi connectivity index (χ3n) is 8.06. The zero-order chi connectivity index (χ0) is 25.6. The number of fused-ring (bicyclic) bond motifs is 1. The first-order valence-corrected chi connectivity index (χ1v) is 13.8. The van der Waals surface area contributed by atoms with E-state index in [1.54, 1.807) is 13.2 Å². The summed E-state index contributed by atoms with van der Waals surface area (Å²) in [5.41, 5.74) is 8.34. The van der Waals surface area contributed by atoms with Crippen LogP contribution in [0.5, 0.6) is 11.5 Å². The molecule has 3 aromatic rings. The zero-order valence-corrected chi connectivity index (χ0v) is 22.0. The van der Waals surface area contributed by atoms with Crippen LogP contribution >= 0.6 is 0 Å². The van der Waals surface area contributed by atoms with Crippen LogP contribution in [-0.4, -0.2) is 73.3 Å². The number of rotatable bonds is 10. The van der Waals surface area contributed by atoms with E-state index >= 15 is 0 Å². The molecule has 37 heavy (non-hydrogen) atoms. The molecule has 2 saturated heterocycles. The van der Waals surface area contributed by atoms with Gasteiger partial charge in [-0.2, -0.15) is 0 Å². The van der Waals surface area contributed by atoms with E-state index in [1.807, 2.05) is 24.3 Å². The maximum Gasteiger partial charge on any atom is 0.248 e. The van der Waals surface area contributed by atoms with Crippen molar-refractivity contribution in [3.63, 3.8) is 0 Å². The Morgan fingerprint density at radius 3 is 2.46 bits per heavy atom. The van der Waals surface area contributed by atoms with Gasteiger partial charge in [0.15, 0.2) is 0 Å². The van der Waals surface area contributed by atoms with Crippen LogP contribution in [0.25, 0.3) is 10.9 Å². The van der Waals surface area contributed by atoms with Crippen molar-refractivity contribution in [1.29, 1.82) is 0 Å². The largest absolute Gasteiger partial charge is 0.496 e. The topological polar surface area (TPSA) is 73.0 Å². The highest BCUT2D eigenvalue weighted by atomic mass is 16.5. The Balaban J connectivity index is 1.17. The minimum atomic E-state index is -0.379. The van der Waals surface area contributed by atoms with Crippen molar-refractivity contribution < 1.29 is 14.3 Å². The molecule has 0 saturated carbocycles. The smallest absolute Gasteiger partial charge is 0.248 e. The number of benzene rings is 2. The molecule has 2 fully saturated rings. The predicted octanol–water partition coefficient (Wildman–Crippen LogP) is 4.49. The van der Waals surface area contributed by atoms with E-state index in [4.69, 9.17) is 15.2 Å². The molecule has 7 nitrogen and oxygen atoms in total. The lowest BCUT2D eigenvalue weighted by Crippen LogP contribution is -2.36. The normalized spacial score (nSPS) is 17.8. The van der Waals surface area contributed by atoms with E-state index in [9.17, 15) is 4.79 Å². The molecule has 0 bridgehead atoms. The first-order chi connectivity index (χ1) is 18.1. The standard InChI is InChI=1S/C30H40N4O3/c1-36-28-6-5-7-29(37-21-20-32-14-3-2-4-15-32)26(28)13-18-33-16-11-25(12-17-33)34-19-10-23-8-9-24(30(31)35)22-27(23)34/h5-10,19,22,25H,2-4,11-18,20-21H2,1H3,(H2,31,35). The summed E-state index contributed by atoms with van der Waals surface area (Å²) in [6.45, 7) is 7.14. The summed E-state index contributed by atoms with van der Waals surface area (Å²) < 4.78 is 14.3. The number of ether oxygens (including phenoxy) is 2. The number of likely N-dealkylation sites (tertiary alicyclic amines) is 2. The second kappa shape index (κ2) is 12.0. The summed E-state index contributed by atoms with van der Waals surface area (Å²) in [4.78, 5) is 16.7. The fraction of sp³-hybridized carbons (Fsp3) is 0.500. The molecule has 2 aromatic carbocycles. The summed E-state index contributed by atoms with van der Waals surface area (Å²) in [5, 5.41) is 1.15. The summed E-state index contributed by atoms with van der Waals surface area (Å²) in [6, 6.07) is 14.4. The minimum Gasteiger partial charge on any atom is -0.496 e. The van der Waals surface area contributed by atoms with Crippen LogP contribution in [0.1, 0.15) is 54.1 Å². The van der Waals surface area contributed by atoms with Crippen molar-refractivity contribution in [2.24, 2.45) is 5.73 Å². The number of piperidine rings is 2. The second-order valence-corrected chi connectivity index (χ2v) is 10.4. The van der Waals surface area contributed by atoms with Crippen molar-refractivity contribution in [2.75, 3.05) is 53.0 Å². The lowest BCUT2D eigenvalue weighted by molar-refractivity contribution is 0.100. The molecule has 5 rings (SSSR count). The van der Waals surface area contributed by atoms with Gasteiger partial charge in [0, 0.05) is 55.1 Å². The number of methoxy groups -OCH3 is 1. The van der Waals surface area contributed by atoms with Gasteiger partial charge < -0.3 is 24.7 Å². The number of hydrogen-bond acceptors (Lipinski definition) is 5. The van der Waals surface area contributed by atoms with E-state index in [0.29, 0.717) is 18.2 Å². The number of amides is 1. The van der Waals surface area contributed by atoms with Crippen LogP contribution in [-0.2, 0) is 6.42 Å². The van der Waals surface area contributed by atoms with E-state index in [0.717, 1.165) is 67.8 Å². The Labute approximate surface area is 220 Å². The van der Waals surface area contributed by atoms with Gasteiger partial charge in [0.05, 0.1) is 7.11 Å². The van der Waals surface area contributed by atoms with Gasteiger partial charge in [0.25, 0.3) is 0 Å². The minimum absolute atomic E-state index is 0.379. The molecule has 0 atom stereocenters. The van der Waals surface area contributed by atoms with Crippen molar-refractivity contribution in [3.8, 4) is 11.5 Å². The van der Waals surface area contributed by atoms with Gasteiger partial charge >= 0.3 is 0 Å². The Bertz CT molecular complexity index is 1190. The predicted molar refractivity (Wildman–Crippen MR) is 148 cm³/mol. The summed E-state index contributed by atoms with van der Waals surface area (Å²) in [7, 11) is 1.74. The molecule has 198 valence electrons. The van der Waals surface area contributed by atoms with Gasteiger partial charge in [-0.05, 0) is 80.9 Å². The fourth-order valence-corrected chi connectivity index (χ4v) is 5.90. The lowest BCUT2D eigenvalue weighted by atomic mass is 10.0. The van der Waals surface area contributed by atoms with Crippen molar-refractivity contribution in [3.05, 3.63) is 59.8 Å². The Kier molecular flexibility index (Phi) is 8.31. The van der Waals surface area contributed by atoms with Crippen LogP contribution in [0, 0.1) is 0 Å². The molecular weight excluding hydrogens is 464 g/mol. The average Bonchev–Trinajstić information content (AvgIpc) is 3.36. The molecule has 0 spiro atoms. The van der Waals surface area contributed by atoms with Crippen LogP contribution in [0.15, 0.2) is 48.7 Å². The first kappa shape index (κ1) is 25.6. The number of carbonyl (C=O) groups is 1. The van der Waals surface area contributed by atoms with Gasteiger partial charge in [0.1, 0.15) is 18.1 Å². The van der Waals surface area contributed by atoms with E-state index in [1.165, 1.54) is 37.9 Å². The highest BCUT2D eigenvalue weighted by Gasteiger charge is 2.22. The molecule has 2 N–H and O–H groups in total. The number of carbonyl (C=O) groups excluding carboxylic acids is 1. The van der Waals surface area contributed by atoms with E-state index in [-0.39, 0.29) is 5.91 Å². The quantitative estimate of drug-likeness (QED) is 0.440. The maximum absolute atomic E-state index is 11.7. The molecular formula is C30H40N4O3. The average molecular weight is 505 g/mol. The number of hydrogen-bond donors (Lipinski definition) is 1. The Hall–Kier alpha value is -3.03. The molecule has 1 aromatic heterocycles. The van der Waals surface area contributed by atoms with Crippen LogP contribution in [0.3, 0.4) is 0 Å². The molecule has 2 aliphatic heterocycles. The molecule has 3 heterocycles. The zero-order valence-electron chi connectivity index (χ0n) is 22.0. The van der Waals surface area contributed by atoms with Crippen molar-refractivity contribution >= 4 is 16.8 Å². The summed E-state index contributed by atoms with van der Waals surface area (Å²) in [5.74, 6) is 1.49. The third-order valence-corrected chi connectivity index (χ3v) is 8.06. The molecule has 1 amide bonds. The summed E-state index contributed by atoms with van der Waals surface area (Å²) >= 11 is 0. The van der Waals surface area contributed by atoms with E-state index in [2.05, 4.69) is 32.7 Å². The SMILES string of the molecule is COc1cccc(OCCN2CCCCC2)c1CCN1CCC(n2ccc3ccc(C(N)=O)cc32)CC1. The van der Waals surface area contributed by atoms with Gasteiger partial charge in [-0.1, -0.05) is 18.6 Å². The fourth-order valence-electron chi connectivity index (χ4n) is 5.90. The molecule has 0 radical (unpaired) electrons. The number of nitrogens with two attached hydrogens (primary N) is 1. The van der Waals surface area contributed by atoms with Gasteiger partial charge in [-0.25, -0.2) is 0 Å². The monoisotopic (exact) mass is 504 g/mol. The highest BCUT2D eigenvalue weighted by molar-refractivity contribution is 5.97. The Morgan fingerprint density at radius 1 is 0.946 bits per heavy atom. The van der Waals surface area contributed by atoms with Crippen molar-refractivity contribution in [1.82, 2.24) is 14.4 Å². The highest BCUT2D eigenvalue weighted by Crippen LogP contribution is 2.31. The molecule has 0 aliphatic carbocycles. The van der Waals surface area contributed by atoms with Crippen LogP contribution < -0.4 is 15.2 Å². The Morgan fingerprint density at radius 2 is 1.70 bits per heavy atom. The lowest BCUT2D eigenvalue weighted by Gasteiger charge is -2.33.